The third-order valence-corrected chi connectivity index (χ3v) is 13.4. The van der Waals surface area contributed by atoms with Crippen LogP contribution in [0.3, 0.4) is 0 Å². The average Bonchev–Trinajstić information content (AvgIpc) is 3.35. The van der Waals surface area contributed by atoms with Crippen molar-refractivity contribution in [1.82, 2.24) is 0 Å². The minimum atomic E-state index is -0.786. The summed E-state index contributed by atoms with van der Waals surface area (Å²) in [4.78, 5) is 38.2. The van der Waals surface area contributed by atoms with Gasteiger partial charge in [0.1, 0.15) is 13.2 Å². The fourth-order valence-electron chi connectivity index (χ4n) is 8.93. The smallest absolute Gasteiger partial charge is 0.306 e. The average molecular weight is 968 g/mol. The molecule has 0 heterocycles. The minimum Gasteiger partial charge on any atom is -0.462 e. The highest BCUT2D eigenvalue weighted by atomic mass is 16.6. The molecule has 0 amide bonds. The third kappa shape index (κ3) is 56.2. The lowest BCUT2D eigenvalue weighted by molar-refractivity contribution is -0.167. The number of carbonyl (C=O) groups is 3. The molecule has 1 unspecified atom stereocenters. The Hall–Kier alpha value is -2.63. The van der Waals surface area contributed by atoms with Gasteiger partial charge in [-0.05, 0) is 38.5 Å². The lowest BCUT2D eigenvalue weighted by atomic mass is 10.0. The zero-order valence-corrected chi connectivity index (χ0v) is 46.1. The van der Waals surface area contributed by atoms with Crippen LogP contribution in [0.25, 0.3) is 0 Å². The molecule has 0 aromatic heterocycles. The predicted molar refractivity (Wildman–Crippen MR) is 298 cm³/mol. The summed E-state index contributed by atoms with van der Waals surface area (Å²) >= 11 is 0. The Balaban J connectivity index is 4.32. The minimum absolute atomic E-state index is 0.0812. The van der Waals surface area contributed by atoms with Crippen LogP contribution in [0.2, 0.25) is 0 Å². The highest BCUT2D eigenvalue weighted by Crippen LogP contribution is 2.18. The Bertz CT molecular complexity index is 1200. The summed E-state index contributed by atoms with van der Waals surface area (Å²) in [6.45, 7) is 6.52. The molecule has 0 aliphatic carbocycles. The lowest BCUT2D eigenvalue weighted by Crippen LogP contribution is -2.30. The van der Waals surface area contributed by atoms with Gasteiger partial charge < -0.3 is 14.2 Å². The first-order valence-corrected chi connectivity index (χ1v) is 30.2. The van der Waals surface area contributed by atoms with Crippen LogP contribution in [-0.4, -0.2) is 37.2 Å². The first-order chi connectivity index (χ1) is 34.0. The topological polar surface area (TPSA) is 78.9 Å². The molecule has 0 spiro atoms. The van der Waals surface area contributed by atoms with Crippen LogP contribution >= 0.6 is 0 Å². The summed E-state index contributed by atoms with van der Waals surface area (Å²) in [5, 5.41) is 0. The van der Waals surface area contributed by atoms with Gasteiger partial charge in [0.15, 0.2) is 6.10 Å². The van der Waals surface area contributed by atoms with Crippen molar-refractivity contribution in [2.75, 3.05) is 13.2 Å². The molecular weight excluding hydrogens is 853 g/mol. The fraction of sp³-hybridized carbons (Fsp3) is 0.825. The number of allylic oxidation sites excluding steroid dienone is 8. The maximum absolute atomic E-state index is 12.9. The van der Waals surface area contributed by atoms with Gasteiger partial charge in [-0.1, -0.05) is 307 Å². The molecule has 402 valence electrons. The second-order valence-electron chi connectivity index (χ2n) is 20.3. The number of rotatable bonds is 55. The number of esters is 3. The van der Waals surface area contributed by atoms with Gasteiger partial charge in [0.25, 0.3) is 0 Å². The molecule has 0 saturated carbocycles. The Morgan fingerprint density at radius 3 is 0.884 bits per heavy atom. The fourth-order valence-corrected chi connectivity index (χ4v) is 8.93. The Kier molecular flexibility index (Phi) is 55.7. The number of ether oxygens (including phenoxy) is 3. The molecule has 0 aromatic carbocycles. The van der Waals surface area contributed by atoms with Crippen molar-refractivity contribution < 1.29 is 28.6 Å². The summed E-state index contributed by atoms with van der Waals surface area (Å²) in [6.07, 6.45) is 71.2. The van der Waals surface area contributed by atoms with Gasteiger partial charge in [-0.3, -0.25) is 14.4 Å². The molecule has 0 aliphatic heterocycles. The first-order valence-electron chi connectivity index (χ1n) is 30.2. The van der Waals surface area contributed by atoms with E-state index >= 15 is 0 Å². The molecule has 0 bridgehead atoms. The number of hydrogen-bond acceptors (Lipinski definition) is 6. The van der Waals surface area contributed by atoms with Crippen molar-refractivity contribution in [2.24, 2.45) is 0 Å². The second-order valence-corrected chi connectivity index (χ2v) is 20.3. The van der Waals surface area contributed by atoms with E-state index in [-0.39, 0.29) is 31.1 Å². The van der Waals surface area contributed by atoms with Crippen molar-refractivity contribution >= 4 is 17.9 Å². The molecule has 6 nitrogen and oxygen atoms in total. The SMILES string of the molecule is CC/C=C/C=C/C=C/C=C/CCCCCC(=O)OCC(COC(=O)CCCCCCCCCCCCCCCCCCCCC)OC(=O)CCCCCCCCCCCCCCCCCCCCC. The second kappa shape index (κ2) is 57.9. The van der Waals surface area contributed by atoms with E-state index in [9.17, 15) is 14.4 Å². The summed E-state index contributed by atoms with van der Waals surface area (Å²) in [7, 11) is 0. The standard InChI is InChI=1S/C63H114O6/c1-4-7-10-13-16-19-22-25-27-29-31-33-35-38-41-44-47-50-53-56-62(65)68-59-60(58-67-61(64)55-52-49-46-43-40-37-24-21-18-15-12-9-6-3)69-63(66)57-54-51-48-45-42-39-36-34-32-30-28-26-23-20-17-14-11-8-5-2/h9,12,15,18,21,24,37,40,60H,4-8,10-11,13-14,16-17,19-20,22-23,25-36,38-39,41-59H2,1-3H3/b12-9+,18-15+,24-21+,40-37+. The van der Waals surface area contributed by atoms with Crippen LogP contribution < -0.4 is 0 Å². The molecule has 0 N–H and O–H groups in total. The van der Waals surface area contributed by atoms with Gasteiger partial charge in [-0.15, -0.1) is 0 Å². The molecule has 1 atom stereocenters. The Morgan fingerprint density at radius 2 is 0.565 bits per heavy atom. The van der Waals surface area contributed by atoms with Crippen LogP contribution in [-0.2, 0) is 28.6 Å². The van der Waals surface area contributed by atoms with E-state index in [1.165, 1.54) is 205 Å². The maximum atomic E-state index is 12.9. The van der Waals surface area contributed by atoms with Gasteiger partial charge in [-0.25, -0.2) is 0 Å². The highest BCUT2D eigenvalue weighted by molar-refractivity contribution is 5.71. The predicted octanol–water partition coefficient (Wildman–Crippen LogP) is 20.2. The van der Waals surface area contributed by atoms with E-state index in [1.54, 1.807) is 0 Å². The zero-order chi connectivity index (χ0) is 50.0. The van der Waals surface area contributed by atoms with E-state index in [2.05, 4.69) is 45.1 Å². The van der Waals surface area contributed by atoms with Crippen LogP contribution in [0, 0.1) is 0 Å². The third-order valence-electron chi connectivity index (χ3n) is 13.4. The Morgan fingerprint density at radius 1 is 0.304 bits per heavy atom. The van der Waals surface area contributed by atoms with E-state index in [4.69, 9.17) is 14.2 Å². The molecule has 0 radical (unpaired) electrons. The van der Waals surface area contributed by atoms with E-state index in [1.807, 2.05) is 24.3 Å². The molecule has 0 saturated heterocycles. The monoisotopic (exact) mass is 967 g/mol. The van der Waals surface area contributed by atoms with Crippen molar-refractivity contribution in [3.63, 3.8) is 0 Å². The molecule has 0 aromatic rings. The van der Waals surface area contributed by atoms with Crippen LogP contribution in [0.15, 0.2) is 48.6 Å². The van der Waals surface area contributed by atoms with Crippen molar-refractivity contribution in [3.05, 3.63) is 48.6 Å². The number of hydrogen-bond donors (Lipinski definition) is 0. The van der Waals surface area contributed by atoms with E-state index in [0.29, 0.717) is 19.3 Å². The van der Waals surface area contributed by atoms with Crippen molar-refractivity contribution in [2.45, 2.75) is 322 Å². The summed E-state index contributed by atoms with van der Waals surface area (Å²) in [5.41, 5.74) is 0. The van der Waals surface area contributed by atoms with Gasteiger partial charge in [0, 0.05) is 19.3 Å². The number of carbonyl (C=O) groups excluding carboxylic acids is 3. The lowest BCUT2D eigenvalue weighted by Gasteiger charge is -2.18. The summed E-state index contributed by atoms with van der Waals surface area (Å²) < 4.78 is 16.9. The molecule has 0 aliphatic rings. The van der Waals surface area contributed by atoms with Gasteiger partial charge >= 0.3 is 17.9 Å². The normalized spacial score (nSPS) is 12.3. The van der Waals surface area contributed by atoms with Gasteiger partial charge in [0.2, 0.25) is 0 Å². The summed E-state index contributed by atoms with van der Waals surface area (Å²) in [5.74, 6) is -0.902. The zero-order valence-electron chi connectivity index (χ0n) is 46.1. The Labute approximate surface area is 428 Å². The van der Waals surface area contributed by atoms with Gasteiger partial charge in [-0.2, -0.15) is 0 Å². The molecular formula is C63H114O6. The van der Waals surface area contributed by atoms with Crippen LogP contribution in [0.5, 0.6) is 0 Å². The van der Waals surface area contributed by atoms with Crippen LogP contribution in [0.4, 0.5) is 0 Å². The molecule has 69 heavy (non-hydrogen) atoms. The highest BCUT2D eigenvalue weighted by Gasteiger charge is 2.19. The van der Waals surface area contributed by atoms with Crippen molar-refractivity contribution in [3.8, 4) is 0 Å². The number of unbranched alkanes of at least 4 members (excludes halogenated alkanes) is 39. The van der Waals surface area contributed by atoms with E-state index < -0.39 is 6.10 Å². The summed E-state index contributed by atoms with van der Waals surface area (Å²) in [6, 6.07) is 0. The van der Waals surface area contributed by atoms with Gasteiger partial charge in [0.05, 0.1) is 0 Å². The quantitative estimate of drug-likeness (QED) is 0.0262. The van der Waals surface area contributed by atoms with Crippen molar-refractivity contribution in [1.29, 1.82) is 0 Å². The molecule has 6 heteroatoms. The molecule has 0 rings (SSSR count). The largest absolute Gasteiger partial charge is 0.462 e. The first kappa shape index (κ1) is 66.4. The van der Waals surface area contributed by atoms with Crippen LogP contribution in [0.1, 0.15) is 316 Å². The molecule has 0 fully saturated rings. The maximum Gasteiger partial charge on any atom is 0.306 e. The van der Waals surface area contributed by atoms with E-state index in [0.717, 1.165) is 70.6 Å².